The molecule has 2 aromatic heterocycles. The maximum absolute atomic E-state index is 12.6. The van der Waals surface area contributed by atoms with E-state index in [0.717, 1.165) is 22.2 Å². The molecule has 5 nitrogen and oxygen atoms in total. The minimum Gasteiger partial charge on any atom is -0.464 e. The fraction of sp³-hybridized carbons (Fsp3) is 0.0909. The van der Waals surface area contributed by atoms with Gasteiger partial charge in [-0.2, -0.15) is 0 Å². The molecule has 4 rings (SSSR count). The first-order valence-electron chi connectivity index (χ1n) is 8.84. The molecule has 140 valence electrons. The molecule has 0 aliphatic heterocycles. The number of amides is 1. The van der Waals surface area contributed by atoms with E-state index >= 15 is 0 Å². The molecule has 0 bridgehead atoms. The number of hydrogen-bond acceptors (Lipinski definition) is 4. The third kappa shape index (κ3) is 3.85. The average molecular weight is 392 g/mol. The van der Waals surface area contributed by atoms with Gasteiger partial charge in [-0.15, -0.1) is 0 Å². The van der Waals surface area contributed by atoms with Crippen molar-refractivity contribution in [1.29, 1.82) is 0 Å². The average Bonchev–Trinajstić information content (AvgIpc) is 3.19. The second-order valence-corrected chi connectivity index (χ2v) is 6.85. The molecule has 0 fully saturated rings. The second-order valence-electron chi connectivity index (χ2n) is 6.45. The van der Waals surface area contributed by atoms with Gasteiger partial charge in [0, 0.05) is 23.3 Å². The lowest BCUT2D eigenvalue weighted by Crippen LogP contribution is -2.24. The molecule has 0 unspecified atom stereocenters. The normalized spacial score (nSPS) is 10.8. The van der Waals surface area contributed by atoms with Crippen LogP contribution in [0.5, 0.6) is 0 Å². The highest BCUT2D eigenvalue weighted by molar-refractivity contribution is 6.31. The van der Waals surface area contributed by atoms with Gasteiger partial charge in [0.1, 0.15) is 17.1 Å². The Labute approximate surface area is 167 Å². The second kappa shape index (κ2) is 7.74. The summed E-state index contributed by atoms with van der Waals surface area (Å²) in [6.45, 7) is 2.37. The van der Waals surface area contributed by atoms with Crippen molar-refractivity contribution in [2.24, 2.45) is 0 Å². The number of aromatic nitrogens is 1. The molecule has 0 spiro atoms. The van der Waals surface area contributed by atoms with Crippen LogP contribution in [0.4, 0.5) is 11.5 Å². The van der Waals surface area contributed by atoms with Crippen LogP contribution in [0.1, 0.15) is 21.6 Å². The van der Waals surface area contributed by atoms with Crippen LogP contribution >= 0.6 is 11.6 Å². The number of nitrogens with one attached hydrogen (secondary N) is 2. The first-order valence-corrected chi connectivity index (χ1v) is 9.21. The number of carbonyl (C=O) groups is 1. The molecule has 1 amide bonds. The van der Waals surface area contributed by atoms with Crippen molar-refractivity contribution in [2.75, 3.05) is 5.32 Å². The smallest absolute Gasteiger partial charge is 0.270 e. The van der Waals surface area contributed by atoms with Crippen LogP contribution in [0.25, 0.3) is 11.0 Å². The van der Waals surface area contributed by atoms with E-state index in [-0.39, 0.29) is 11.6 Å². The van der Waals surface area contributed by atoms with E-state index in [4.69, 9.17) is 16.0 Å². The zero-order chi connectivity index (χ0) is 19.5. The van der Waals surface area contributed by atoms with E-state index in [1.807, 2.05) is 61.5 Å². The van der Waals surface area contributed by atoms with Crippen molar-refractivity contribution >= 4 is 40.0 Å². The molecule has 2 aromatic carbocycles. The SMILES string of the molecule is Cc1ccc(Nc2nc(C(=O)NCc3ccccc3)cc3occc23)cc1Cl. The Morgan fingerprint density at radius 3 is 2.71 bits per heavy atom. The maximum Gasteiger partial charge on any atom is 0.270 e. The molecule has 0 aliphatic rings. The minimum atomic E-state index is -0.271. The van der Waals surface area contributed by atoms with E-state index in [0.29, 0.717) is 23.0 Å². The fourth-order valence-electron chi connectivity index (χ4n) is 2.85. The molecule has 0 saturated carbocycles. The molecular weight excluding hydrogens is 374 g/mol. The molecule has 28 heavy (non-hydrogen) atoms. The summed E-state index contributed by atoms with van der Waals surface area (Å²) in [6.07, 6.45) is 1.57. The van der Waals surface area contributed by atoms with E-state index in [1.165, 1.54) is 0 Å². The van der Waals surface area contributed by atoms with Crippen LogP contribution in [0.2, 0.25) is 5.02 Å². The van der Waals surface area contributed by atoms with Crippen LogP contribution in [0.3, 0.4) is 0 Å². The summed E-state index contributed by atoms with van der Waals surface area (Å²) in [5.41, 5.74) is 3.65. The molecule has 0 atom stereocenters. The molecule has 6 heteroatoms. The Kier molecular flexibility index (Phi) is 5.00. The van der Waals surface area contributed by atoms with Crippen molar-refractivity contribution in [3.05, 3.63) is 88.8 Å². The number of hydrogen-bond donors (Lipinski definition) is 2. The summed E-state index contributed by atoms with van der Waals surface area (Å²) in [5.74, 6) is 0.267. The van der Waals surface area contributed by atoms with Gasteiger partial charge in [0.2, 0.25) is 0 Å². The number of nitrogens with zero attached hydrogens (tertiary/aromatic N) is 1. The van der Waals surface area contributed by atoms with Crippen LogP contribution < -0.4 is 10.6 Å². The Morgan fingerprint density at radius 1 is 1.11 bits per heavy atom. The molecule has 0 aliphatic carbocycles. The van der Waals surface area contributed by atoms with Gasteiger partial charge in [-0.3, -0.25) is 4.79 Å². The highest BCUT2D eigenvalue weighted by Crippen LogP contribution is 2.28. The maximum atomic E-state index is 12.6. The van der Waals surface area contributed by atoms with Crippen LogP contribution in [-0.2, 0) is 6.54 Å². The van der Waals surface area contributed by atoms with Crippen molar-refractivity contribution in [3.8, 4) is 0 Å². The lowest BCUT2D eigenvalue weighted by molar-refractivity contribution is 0.0946. The predicted octanol–water partition coefficient (Wildman–Crippen LogP) is 5.46. The van der Waals surface area contributed by atoms with Crippen molar-refractivity contribution < 1.29 is 9.21 Å². The third-order valence-corrected chi connectivity index (χ3v) is 4.82. The Morgan fingerprint density at radius 2 is 1.93 bits per heavy atom. The van der Waals surface area contributed by atoms with Gasteiger partial charge in [0.05, 0.1) is 11.6 Å². The van der Waals surface area contributed by atoms with Crippen molar-refractivity contribution in [1.82, 2.24) is 10.3 Å². The molecule has 4 aromatic rings. The van der Waals surface area contributed by atoms with Crippen LogP contribution in [0, 0.1) is 6.92 Å². The van der Waals surface area contributed by atoms with Gasteiger partial charge in [-0.25, -0.2) is 4.98 Å². The van der Waals surface area contributed by atoms with E-state index in [1.54, 1.807) is 12.3 Å². The van der Waals surface area contributed by atoms with Gasteiger partial charge in [-0.1, -0.05) is 48.0 Å². The summed E-state index contributed by atoms with van der Waals surface area (Å²) in [5, 5.41) is 7.57. The summed E-state index contributed by atoms with van der Waals surface area (Å²) >= 11 is 6.22. The lowest BCUT2D eigenvalue weighted by Gasteiger charge is -2.10. The standard InChI is InChI=1S/C22H18ClN3O2/c1-14-7-8-16(11-18(14)23)25-21-17-9-10-28-20(17)12-19(26-21)22(27)24-13-15-5-3-2-4-6-15/h2-12H,13H2,1H3,(H,24,27)(H,25,26). The summed E-state index contributed by atoms with van der Waals surface area (Å²) < 4.78 is 5.51. The topological polar surface area (TPSA) is 67.2 Å². The lowest BCUT2D eigenvalue weighted by atomic mass is 10.2. The summed E-state index contributed by atoms with van der Waals surface area (Å²) in [6, 6.07) is 18.8. The Balaban J connectivity index is 1.61. The molecule has 0 saturated heterocycles. The Bertz CT molecular complexity index is 1140. The number of fused-ring (bicyclic) bond motifs is 1. The van der Waals surface area contributed by atoms with Gasteiger partial charge < -0.3 is 15.1 Å². The Hall–Kier alpha value is -3.31. The number of aryl methyl sites for hydroxylation is 1. The largest absolute Gasteiger partial charge is 0.464 e. The number of anilines is 2. The fourth-order valence-corrected chi connectivity index (χ4v) is 3.03. The predicted molar refractivity (Wildman–Crippen MR) is 111 cm³/mol. The number of halogens is 1. The summed E-state index contributed by atoms with van der Waals surface area (Å²) in [7, 11) is 0. The molecular formula is C22H18ClN3O2. The minimum absolute atomic E-state index is 0.271. The highest BCUT2D eigenvalue weighted by Gasteiger charge is 2.14. The van der Waals surface area contributed by atoms with Crippen LogP contribution in [-0.4, -0.2) is 10.9 Å². The highest BCUT2D eigenvalue weighted by atomic mass is 35.5. The number of benzene rings is 2. The van der Waals surface area contributed by atoms with Crippen molar-refractivity contribution in [2.45, 2.75) is 13.5 Å². The molecule has 2 heterocycles. The van der Waals surface area contributed by atoms with E-state index in [2.05, 4.69) is 15.6 Å². The first kappa shape index (κ1) is 18.1. The molecule has 2 N–H and O–H groups in total. The zero-order valence-electron chi connectivity index (χ0n) is 15.2. The van der Waals surface area contributed by atoms with Gasteiger partial charge in [-0.05, 0) is 36.2 Å². The third-order valence-electron chi connectivity index (χ3n) is 4.41. The van der Waals surface area contributed by atoms with Crippen LogP contribution in [0.15, 0.2) is 71.3 Å². The van der Waals surface area contributed by atoms with E-state index < -0.39 is 0 Å². The van der Waals surface area contributed by atoms with Gasteiger partial charge in [0.15, 0.2) is 0 Å². The number of carbonyl (C=O) groups excluding carboxylic acids is 1. The van der Waals surface area contributed by atoms with Gasteiger partial charge >= 0.3 is 0 Å². The molecule has 0 radical (unpaired) electrons. The quantitative estimate of drug-likeness (QED) is 0.473. The van der Waals surface area contributed by atoms with E-state index in [9.17, 15) is 4.79 Å². The zero-order valence-corrected chi connectivity index (χ0v) is 16.0. The monoisotopic (exact) mass is 391 g/mol. The number of rotatable bonds is 5. The van der Waals surface area contributed by atoms with Gasteiger partial charge in [0.25, 0.3) is 5.91 Å². The first-order chi connectivity index (χ1) is 13.6. The summed E-state index contributed by atoms with van der Waals surface area (Å²) in [4.78, 5) is 17.1. The van der Waals surface area contributed by atoms with Crippen molar-refractivity contribution in [3.63, 3.8) is 0 Å². The number of pyridine rings is 1. The number of furan rings is 1.